The van der Waals surface area contributed by atoms with Gasteiger partial charge in [-0.25, -0.2) is 0 Å². The molecule has 1 saturated heterocycles. The van der Waals surface area contributed by atoms with E-state index in [1.54, 1.807) is 0 Å². The molecule has 1 aliphatic rings. The number of hydrogen-bond acceptors (Lipinski definition) is 3. The normalized spacial score (nSPS) is 25.4. The zero-order chi connectivity index (χ0) is 14.5. The van der Waals surface area contributed by atoms with Crippen LogP contribution in [0.1, 0.15) is 38.7 Å². The third kappa shape index (κ3) is 3.97. The molecule has 1 heterocycles. The number of aliphatic hydroxyl groups is 1. The second kappa shape index (κ2) is 7.09. The van der Waals surface area contributed by atoms with Crippen LogP contribution in [0.15, 0.2) is 24.3 Å². The zero-order valence-corrected chi connectivity index (χ0v) is 12.9. The van der Waals surface area contributed by atoms with E-state index in [1.807, 2.05) is 31.2 Å². The topological polar surface area (TPSA) is 32.7 Å². The number of ether oxygens (including phenoxy) is 1. The van der Waals surface area contributed by atoms with Crippen LogP contribution in [0.5, 0.6) is 5.75 Å². The fraction of sp³-hybridized carbons (Fsp3) is 0.647. The Morgan fingerprint density at radius 2 is 1.90 bits per heavy atom. The lowest BCUT2D eigenvalue weighted by Gasteiger charge is -2.40. The van der Waals surface area contributed by atoms with Crippen LogP contribution in [0.2, 0.25) is 0 Å². The molecule has 3 atom stereocenters. The number of hydrogen-bond donors (Lipinski definition) is 1. The number of benzene rings is 1. The molecule has 0 aliphatic carbocycles. The van der Waals surface area contributed by atoms with Gasteiger partial charge >= 0.3 is 0 Å². The molecule has 0 spiro atoms. The molecular weight excluding hydrogens is 250 g/mol. The molecule has 1 fully saturated rings. The standard InChI is InChI=1S/C17H27NO2/c1-13-7-4-5-10-17(13)20-12-16(19)11-18-14(2)8-6-9-15(18)3/h4-5,7,10,14-16,19H,6,8-9,11-12H2,1-3H3. The van der Waals surface area contributed by atoms with Crippen molar-refractivity contribution in [2.45, 2.75) is 58.2 Å². The summed E-state index contributed by atoms with van der Waals surface area (Å²) in [5.41, 5.74) is 1.11. The monoisotopic (exact) mass is 277 g/mol. The summed E-state index contributed by atoms with van der Waals surface area (Å²) >= 11 is 0. The number of nitrogens with zero attached hydrogens (tertiary/aromatic N) is 1. The molecular formula is C17H27NO2. The van der Waals surface area contributed by atoms with Gasteiger partial charge in [0.05, 0.1) is 0 Å². The first kappa shape index (κ1) is 15.3. The van der Waals surface area contributed by atoms with E-state index >= 15 is 0 Å². The molecule has 112 valence electrons. The Labute approximate surface area is 122 Å². The predicted molar refractivity (Wildman–Crippen MR) is 82.2 cm³/mol. The second-order valence-corrected chi connectivity index (χ2v) is 6.06. The molecule has 20 heavy (non-hydrogen) atoms. The van der Waals surface area contributed by atoms with Crippen LogP contribution in [-0.2, 0) is 0 Å². The van der Waals surface area contributed by atoms with Gasteiger partial charge in [-0.15, -0.1) is 0 Å². The summed E-state index contributed by atoms with van der Waals surface area (Å²) in [4.78, 5) is 2.41. The predicted octanol–water partition coefficient (Wildman–Crippen LogP) is 3.00. The largest absolute Gasteiger partial charge is 0.491 e. The highest BCUT2D eigenvalue weighted by molar-refractivity contribution is 5.31. The molecule has 0 amide bonds. The van der Waals surface area contributed by atoms with Gasteiger partial charge in [-0.3, -0.25) is 4.90 Å². The molecule has 1 aliphatic heterocycles. The fourth-order valence-corrected chi connectivity index (χ4v) is 3.04. The van der Waals surface area contributed by atoms with Crippen molar-refractivity contribution < 1.29 is 9.84 Å². The van der Waals surface area contributed by atoms with Crippen LogP contribution >= 0.6 is 0 Å². The lowest BCUT2D eigenvalue weighted by atomic mass is 9.97. The van der Waals surface area contributed by atoms with Gasteiger partial charge in [0.2, 0.25) is 0 Å². The minimum atomic E-state index is -0.433. The molecule has 0 saturated carbocycles. The van der Waals surface area contributed by atoms with Crippen molar-refractivity contribution in [3.63, 3.8) is 0 Å². The van der Waals surface area contributed by atoms with Crippen LogP contribution < -0.4 is 4.74 Å². The fourth-order valence-electron chi connectivity index (χ4n) is 3.04. The maximum absolute atomic E-state index is 10.2. The van der Waals surface area contributed by atoms with Crippen molar-refractivity contribution in [2.24, 2.45) is 0 Å². The lowest BCUT2D eigenvalue weighted by Crippen LogP contribution is -2.48. The molecule has 3 unspecified atom stereocenters. The summed E-state index contributed by atoms with van der Waals surface area (Å²) < 4.78 is 5.73. The maximum atomic E-state index is 10.2. The van der Waals surface area contributed by atoms with Crippen molar-refractivity contribution in [3.8, 4) is 5.75 Å². The van der Waals surface area contributed by atoms with E-state index in [-0.39, 0.29) is 0 Å². The molecule has 0 radical (unpaired) electrons. The van der Waals surface area contributed by atoms with E-state index in [4.69, 9.17) is 4.74 Å². The Bertz CT molecular complexity index is 411. The van der Waals surface area contributed by atoms with Crippen LogP contribution in [-0.4, -0.2) is 41.3 Å². The Morgan fingerprint density at radius 1 is 1.25 bits per heavy atom. The Morgan fingerprint density at radius 3 is 2.55 bits per heavy atom. The van der Waals surface area contributed by atoms with E-state index in [9.17, 15) is 5.11 Å². The highest BCUT2D eigenvalue weighted by Gasteiger charge is 2.26. The molecule has 0 bridgehead atoms. The van der Waals surface area contributed by atoms with Gasteiger partial charge in [0.15, 0.2) is 0 Å². The first-order valence-corrected chi connectivity index (χ1v) is 7.70. The number of piperidine rings is 1. The molecule has 1 aromatic rings. The molecule has 1 aromatic carbocycles. The third-order valence-corrected chi connectivity index (χ3v) is 4.32. The lowest BCUT2D eigenvalue weighted by molar-refractivity contribution is 0.0208. The van der Waals surface area contributed by atoms with Crippen LogP contribution in [0.4, 0.5) is 0 Å². The number of aliphatic hydroxyl groups excluding tert-OH is 1. The van der Waals surface area contributed by atoms with Gasteiger partial charge < -0.3 is 9.84 Å². The van der Waals surface area contributed by atoms with Gasteiger partial charge in [0.1, 0.15) is 18.5 Å². The summed E-state index contributed by atoms with van der Waals surface area (Å²) in [6, 6.07) is 9.06. The number of para-hydroxylation sites is 1. The van der Waals surface area contributed by atoms with Crippen molar-refractivity contribution in [3.05, 3.63) is 29.8 Å². The summed E-state index contributed by atoms with van der Waals surface area (Å²) in [7, 11) is 0. The van der Waals surface area contributed by atoms with Crippen LogP contribution in [0, 0.1) is 6.92 Å². The van der Waals surface area contributed by atoms with Crippen LogP contribution in [0.3, 0.4) is 0 Å². The van der Waals surface area contributed by atoms with E-state index in [2.05, 4.69) is 18.7 Å². The summed E-state index contributed by atoms with van der Waals surface area (Å²) in [5.74, 6) is 0.867. The van der Waals surface area contributed by atoms with Crippen molar-refractivity contribution in [2.75, 3.05) is 13.2 Å². The molecule has 3 nitrogen and oxygen atoms in total. The number of rotatable bonds is 5. The molecule has 0 aromatic heterocycles. The SMILES string of the molecule is Cc1ccccc1OCC(O)CN1C(C)CCCC1C. The van der Waals surface area contributed by atoms with Gasteiger partial charge in [0, 0.05) is 18.6 Å². The average molecular weight is 277 g/mol. The molecule has 3 heteroatoms. The smallest absolute Gasteiger partial charge is 0.122 e. The van der Waals surface area contributed by atoms with Gasteiger partial charge in [0.25, 0.3) is 0 Å². The highest BCUT2D eigenvalue weighted by Crippen LogP contribution is 2.23. The summed E-state index contributed by atoms with van der Waals surface area (Å²) in [6.07, 6.45) is 3.33. The van der Waals surface area contributed by atoms with Crippen molar-refractivity contribution >= 4 is 0 Å². The second-order valence-electron chi connectivity index (χ2n) is 6.06. The minimum absolute atomic E-state index is 0.362. The third-order valence-electron chi connectivity index (χ3n) is 4.32. The number of β-amino-alcohol motifs (C(OH)–C–C–N with tert-alkyl or cyclic N) is 1. The zero-order valence-electron chi connectivity index (χ0n) is 12.9. The summed E-state index contributed by atoms with van der Waals surface area (Å²) in [5, 5.41) is 10.2. The number of aryl methyl sites for hydroxylation is 1. The van der Waals surface area contributed by atoms with E-state index in [0.29, 0.717) is 25.2 Å². The number of likely N-dealkylation sites (tertiary alicyclic amines) is 1. The van der Waals surface area contributed by atoms with Crippen molar-refractivity contribution in [1.82, 2.24) is 4.90 Å². The maximum Gasteiger partial charge on any atom is 0.122 e. The Kier molecular flexibility index (Phi) is 5.44. The van der Waals surface area contributed by atoms with E-state index < -0.39 is 6.10 Å². The quantitative estimate of drug-likeness (QED) is 0.898. The first-order chi connectivity index (χ1) is 9.58. The molecule has 2 rings (SSSR count). The van der Waals surface area contributed by atoms with E-state index in [1.165, 1.54) is 19.3 Å². The Hall–Kier alpha value is -1.06. The Balaban J connectivity index is 1.83. The first-order valence-electron chi connectivity index (χ1n) is 7.70. The van der Waals surface area contributed by atoms with Gasteiger partial charge in [-0.05, 0) is 45.2 Å². The van der Waals surface area contributed by atoms with Gasteiger partial charge in [-0.1, -0.05) is 24.6 Å². The minimum Gasteiger partial charge on any atom is -0.491 e. The summed E-state index contributed by atoms with van der Waals surface area (Å²) in [6.45, 7) is 7.60. The van der Waals surface area contributed by atoms with Crippen molar-refractivity contribution in [1.29, 1.82) is 0 Å². The molecule has 1 N–H and O–H groups in total. The van der Waals surface area contributed by atoms with Crippen LogP contribution in [0.25, 0.3) is 0 Å². The highest BCUT2D eigenvalue weighted by atomic mass is 16.5. The van der Waals surface area contributed by atoms with E-state index in [0.717, 1.165) is 11.3 Å². The average Bonchev–Trinajstić information content (AvgIpc) is 2.42. The van der Waals surface area contributed by atoms with Gasteiger partial charge in [-0.2, -0.15) is 0 Å².